The van der Waals surface area contributed by atoms with E-state index in [1.165, 1.54) is 0 Å². The van der Waals surface area contributed by atoms with Crippen molar-refractivity contribution in [1.82, 2.24) is 0 Å². The molecule has 0 bridgehead atoms. The van der Waals surface area contributed by atoms with Crippen LogP contribution in [0.2, 0.25) is 0 Å². The van der Waals surface area contributed by atoms with Gasteiger partial charge in [-0.15, -0.1) is 0 Å². The summed E-state index contributed by atoms with van der Waals surface area (Å²) in [6.07, 6.45) is 12.6. The van der Waals surface area contributed by atoms with Gasteiger partial charge in [-0.05, 0) is 0 Å². The maximum atomic E-state index is 2.34. The third kappa shape index (κ3) is 10.4. The minimum atomic E-state index is -0.657. The Morgan fingerprint density at radius 1 is 0.727 bits per heavy atom. The predicted molar refractivity (Wildman–Crippen MR) is 53.7 cm³/mol. The maximum absolute atomic E-state index is 2.34. The van der Waals surface area contributed by atoms with E-state index in [0.29, 0.717) is 0 Å². The number of allylic oxidation sites excluding steroid dienone is 6. The zero-order chi connectivity index (χ0) is 8.36. The van der Waals surface area contributed by atoms with Crippen LogP contribution in [-0.2, 0) is 0 Å². The van der Waals surface area contributed by atoms with E-state index in [2.05, 4.69) is 38.6 Å². The molecule has 0 aliphatic carbocycles. The first-order valence-electron chi connectivity index (χ1n) is 3.97. The molecule has 0 rings (SSSR count). The molecule has 0 N–H and O–H groups in total. The zero-order valence-corrected chi connectivity index (χ0v) is 10.8. The summed E-state index contributed by atoms with van der Waals surface area (Å²) >= 11 is -0.657. The summed E-state index contributed by atoms with van der Waals surface area (Å²) in [5.41, 5.74) is 0. The molecule has 0 nitrogen and oxygen atoms in total. The molecule has 0 aliphatic heterocycles. The fourth-order valence-electron chi connectivity index (χ4n) is 0.615. The third-order valence-electron chi connectivity index (χ3n) is 1.15. The second kappa shape index (κ2) is 10.4. The first kappa shape index (κ1) is 11.4. The van der Waals surface area contributed by atoms with Crippen LogP contribution in [0, 0.1) is 0 Å². The Balaban J connectivity index is 3.40. The van der Waals surface area contributed by atoms with E-state index in [9.17, 15) is 0 Å². The van der Waals surface area contributed by atoms with Gasteiger partial charge >= 0.3 is 93.4 Å². The van der Waals surface area contributed by atoms with Crippen molar-refractivity contribution in [3.05, 3.63) is 38.6 Å². The van der Waals surface area contributed by atoms with Gasteiger partial charge in [0, 0.05) is 0 Å². The van der Waals surface area contributed by atoms with E-state index in [-0.39, 0.29) is 0 Å². The van der Waals surface area contributed by atoms with Crippen molar-refractivity contribution in [3.63, 3.8) is 0 Å². The Morgan fingerprint density at radius 3 is 1.55 bits per heavy atom. The molecule has 0 heterocycles. The molecule has 0 aromatic rings. The summed E-state index contributed by atoms with van der Waals surface area (Å²) in [7, 11) is 0. The molecule has 0 aromatic heterocycles. The van der Waals surface area contributed by atoms with E-state index >= 15 is 0 Å². The molecular weight excluding hydrogens is 208 g/mol. The molecule has 0 fully saturated rings. The van der Waals surface area contributed by atoms with Gasteiger partial charge in [-0.1, -0.05) is 0 Å². The number of rotatable bonds is 4. The number of hydrogen-bond acceptors (Lipinski definition) is 0. The van der Waals surface area contributed by atoms with Crippen LogP contribution in [0.4, 0.5) is 0 Å². The van der Waals surface area contributed by atoms with Crippen LogP contribution in [0.25, 0.3) is 0 Å². The molecule has 0 saturated carbocycles. The van der Waals surface area contributed by atoms with Crippen molar-refractivity contribution in [3.8, 4) is 0 Å². The van der Waals surface area contributed by atoms with Crippen LogP contribution < -0.4 is 0 Å². The van der Waals surface area contributed by atoms with Gasteiger partial charge in [-0.3, -0.25) is 0 Å². The van der Waals surface area contributed by atoms with Crippen molar-refractivity contribution >= 4 is 41.0 Å². The minimum absolute atomic E-state index is 0.657. The van der Waals surface area contributed by atoms with Gasteiger partial charge in [0.1, 0.15) is 0 Å². The topological polar surface area (TPSA) is 0 Å². The van der Waals surface area contributed by atoms with Gasteiger partial charge in [0.25, 0.3) is 0 Å². The van der Waals surface area contributed by atoms with E-state index in [1.54, 1.807) is 0 Å². The van der Waals surface area contributed by atoms with Crippen molar-refractivity contribution in [2.24, 2.45) is 0 Å². The van der Waals surface area contributed by atoms with Crippen LogP contribution in [0.15, 0.2) is 38.6 Å². The average molecular weight is 222 g/mol. The van der Waals surface area contributed by atoms with Gasteiger partial charge < -0.3 is 0 Å². The van der Waals surface area contributed by atoms with Crippen LogP contribution in [0.3, 0.4) is 0 Å². The summed E-state index contributed by atoms with van der Waals surface area (Å²) in [6.45, 7) is 4.07. The molecule has 0 radical (unpaired) electrons. The normalized spacial score (nSPS) is 12.5. The molecule has 0 unspecified atom stereocenters. The Morgan fingerprint density at radius 2 is 1.18 bits per heavy atom. The molecule has 0 saturated heterocycles. The monoisotopic (exact) mass is 222 g/mol. The SMILES string of the molecule is CC=CC=[CH][Sr][CH]=CC=CC. The molecule has 0 aliphatic rings. The molecule has 56 valence electrons. The molecular formula is C10H14Sr. The van der Waals surface area contributed by atoms with Crippen LogP contribution in [-0.4, -0.2) is 41.0 Å². The molecule has 1 heteroatoms. The first-order valence-corrected chi connectivity index (χ1v) is 7.99. The summed E-state index contributed by atoms with van der Waals surface area (Å²) in [5.74, 6) is 0. The van der Waals surface area contributed by atoms with Crippen molar-refractivity contribution < 1.29 is 0 Å². The zero-order valence-electron chi connectivity index (χ0n) is 7.33. The molecule has 0 amide bonds. The van der Waals surface area contributed by atoms with E-state index in [0.717, 1.165) is 0 Å². The summed E-state index contributed by atoms with van der Waals surface area (Å²) < 4.78 is 4.67. The molecule has 0 aromatic carbocycles. The third-order valence-corrected chi connectivity index (χ3v) is 3.83. The van der Waals surface area contributed by atoms with Crippen LogP contribution >= 0.6 is 0 Å². The molecule has 0 atom stereocenters. The van der Waals surface area contributed by atoms with E-state index < -0.39 is 41.0 Å². The summed E-state index contributed by atoms with van der Waals surface area (Å²) in [6, 6.07) is 0. The first-order chi connectivity index (χ1) is 5.41. The average Bonchev–Trinajstić information content (AvgIpc) is 2.03. The van der Waals surface area contributed by atoms with Crippen molar-refractivity contribution in [2.45, 2.75) is 13.8 Å². The fraction of sp³-hybridized carbons (Fsp3) is 0.200. The predicted octanol–water partition coefficient (Wildman–Crippen LogP) is 2.87. The quantitative estimate of drug-likeness (QED) is 0.506. The van der Waals surface area contributed by atoms with Crippen molar-refractivity contribution in [1.29, 1.82) is 0 Å². The number of hydrogen-bond donors (Lipinski definition) is 0. The van der Waals surface area contributed by atoms with Gasteiger partial charge in [-0.25, -0.2) is 0 Å². The second-order valence-electron chi connectivity index (χ2n) is 2.14. The fourth-order valence-corrected chi connectivity index (χ4v) is 2.55. The van der Waals surface area contributed by atoms with E-state index in [4.69, 9.17) is 0 Å². The van der Waals surface area contributed by atoms with Gasteiger partial charge in [0.2, 0.25) is 0 Å². The van der Waals surface area contributed by atoms with Crippen LogP contribution in [0.1, 0.15) is 13.8 Å². The van der Waals surface area contributed by atoms with Gasteiger partial charge in [0.05, 0.1) is 0 Å². The van der Waals surface area contributed by atoms with Gasteiger partial charge in [-0.2, -0.15) is 0 Å². The Bertz CT molecular complexity index is 153. The second-order valence-corrected chi connectivity index (χ2v) is 5.62. The molecule has 11 heavy (non-hydrogen) atoms. The standard InChI is InChI=1S/2C5H7.Sr/c2*1-3-5-4-2;/h2*1,3-5H,2H3;. The van der Waals surface area contributed by atoms with Crippen molar-refractivity contribution in [2.75, 3.05) is 0 Å². The summed E-state index contributed by atoms with van der Waals surface area (Å²) in [5, 5.41) is 0. The van der Waals surface area contributed by atoms with E-state index in [1.807, 2.05) is 13.8 Å². The summed E-state index contributed by atoms with van der Waals surface area (Å²) in [4.78, 5) is 0. The Kier molecular flexibility index (Phi) is 10.9. The Labute approximate surface area is 92.1 Å². The molecule has 0 spiro atoms. The van der Waals surface area contributed by atoms with Crippen LogP contribution in [0.5, 0.6) is 0 Å². The Hall–Kier alpha value is 0.441. The van der Waals surface area contributed by atoms with Gasteiger partial charge in [0.15, 0.2) is 0 Å².